The molecule has 0 amide bonds. The van der Waals surface area contributed by atoms with Gasteiger partial charge < -0.3 is 9.84 Å². The number of fused-ring (bicyclic) bond motifs is 1. The molecular formula is C14H20O2. The first-order valence-corrected chi connectivity index (χ1v) is 6.10. The molecule has 0 saturated heterocycles. The standard InChI is InChI=1S/C14H20O2/c1-4-5-6-9-14(2,3)12-10(15)7-8-11-13(12)16-11/h7-8,15H,4-6,9H2,1-3H3. The number of phenols is 1. The molecule has 0 saturated carbocycles. The lowest BCUT2D eigenvalue weighted by atomic mass is 9.79. The van der Waals surface area contributed by atoms with E-state index in [0.717, 1.165) is 23.5 Å². The highest BCUT2D eigenvalue weighted by Crippen LogP contribution is 2.56. The van der Waals surface area contributed by atoms with Crippen molar-refractivity contribution < 1.29 is 9.84 Å². The van der Waals surface area contributed by atoms with E-state index in [0.29, 0.717) is 5.75 Å². The summed E-state index contributed by atoms with van der Waals surface area (Å²) in [6, 6.07) is 3.57. The second-order valence-electron chi connectivity index (χ2n) is 5.23. The monoisotopic (exact) mass is 220 g/mol. The molecule has 0 unspecified atom stereocenters. The minimum absolute atomic E-state index is 0.00109. The van der Waals surface area contributed by atoms with Crippen LogP contribution in [0.5, 0.6) is 17.2 Å². The third kappa shape index (κ3) is 2.01. The highest BCUT2D eigenvalue weighted by molar-refractivity contribution is 5.65. The molecule has 0 aliphatic carbocycles. The Bertz CT molecular complexity index is 390. The zero-order valence-corrected chi connectivity index (χ0v) is 10.3. The predicted molar refractivity (Wildman–Crippen MR) is 65.3 cm³/mol. The van der Waals surface area contributed by atoms with E-state index in [1.165, 1.54) is 19.3 Å². The Morgan fingerprint density at radius 1 is 1.25 bits per heavy atom. The smallest absolute Gasteiger partial charge is 0.177 e. The molecule has 2 nitrogen and oxygen atoms in total. The van der Waals surface area contributed by atoms with Gasteiger partial charge in [-0.05, 0) is 24.0 Å². The van der Waals surface area contributed by atoms with Gasteiger partial charge in [0, 0.05) is 5.56 Å². The number of aromatic hydroxyl groups is 1. The summed E-state index contributed by atoms with van der Waals surface area (Å²) in [5.74, 6) is 2.20. The lowest BCUT2D eigenvalue weighted by molar-refractivity contribution is 0.405. The van der Waals surface area contributed by atoms with Crippen LogP contribution in [0.3, 0.4) is 0 Å². The van der Waals surface area contributed by atoms with Crippen LogP contribution in [-0.4, -0.2) is 5.11 Å². The van der Waals surface area contributed by atoms with Gasteiger partial charge in [-0.3, -0.25) is 0 Å². The molecule has 1 N–H and O–H groups in total. The molecule has 88 valence electrons. The normalized spacial score (nSPS) is 13.2. The molecule has 1 aliphatic heterocycles. The second-order valence-corrected chi connectivity index (χ2v) is 5.23. The van der Waals surface area contributed by atoms with E-state index in [1.54, 1.807) is 6.07 Å². The average molecular weight is 220 g/mol. The second kappa shape index (κ2) is 4.00. The summed E-state index contributed by atoms with van der Waals surface area (Å²) >= 11 is 0. The van der Waals surface area contributed by atoms with Gasteiger partial charge in [0.1, 0.15) is 5.75 Å². The van der Waals surface area contributed by atoms with Gasteiger partial charge in [0.15, 0.2) is 11.5 Å². The van der Waals surface area contributed by atoms with Crippen molar-refractivity contribution in [3.05, 3.63) is 17.7 Å². The summed E-state index contributed by atoms with van der Waals surface area (Å²) in [7, 11) is 0. The molecular weight excluding hydrogens is 200 g/mol. The highest BCUT2D eigenvalue weighted by atomic mass is 16.6. The summed E-state index contributed by atoms with van der Waals surface area (Å²) < 4.78 is 5.38. The van der Waals surface area contributed by atoms with Gasteiger partial charge in [0.05, 0.1) is 0 Å². The largest absolute Gasteiger partial charge is 0.508 e. The number of hydrogen-bond acceptors (Lipinski definition) is 2. The topological polar surface area (TPSA) is 32.8 Å². The molecule has 0 bridgehead atoms. The van der Waals surface area contributed by atoms with Crippen molar-refractivity contribution in [1.29, 1.82) is 0 Å². The first-order valence-electron chi connectivity index (χ1n) is 6.10. The van der Waals surface area contributed by atoms with E-state index in [-0.39, 0.29) is 5.41 Å². The van der Waals surface area contributed by atoms with E-state index in [1.807, 2.05) is 6.07 Å². The van der Waals surface area contributed by atoms with Crippen LogP contribution >= 0.6 is 0 Å². The number of unbranched alkanes of at least 4 members (excludes halogenated alkanes) is 2. The maximum absolute atomic E-state index is 9.94. The van der Waals surface area contributed by atoms with Crippen LogP contribution in [0.1, 0.15) is 52.0 Å². The Hall–Kier alpha value is -1.18. The van der Waals surface area contributed by atoms with E-state index >= 15 is 0 Å². The van der Waals surface area contributed by atoms with Crippen molar-refractivity contribution >= 4 is 0 Å². The number of benzene rings is 1. The molecule has 2 rings (SSSR count). The van der Waals surface area contributed by atoms with E-state index in [4.69, 9.17) is 4.74 Å². The highest BCUT2D eigenvalue weighted by Gasteiger charge is 2.35. The first kappa shape index (κ1) is 11.3. The summed E-state index contributed by atoms with van der Waals surface area (Å²) in [6.45, 7) is 6.57. The van der Waals surface area contributed by atoms with Crippen molar-refractivity contribution in [3.8, 4) is 17.2 Å². The zero-order valence-electron chi connectivity index (χ0n) is 10.3. The van der Waals surface area contributed by atoms with Crippen molar-refractivity contribution in [3.63, 3.8) is 0 Å². The third-order valence-electron chi connectivity index (χ3n) is 3.35. The van der Waals surface area contributed by atoms with Crippen LogP contribution in [0, 0.1) is 0 Å². The minimum Gasteiger partial charge on any atom is -0.508 e. The van der Waals surface area contributed by atoms with Crippen molar-refractivity contribution in [2.45, 2.75) is 51.9 Å². The van der Waals surface area contributed by atoms with Gasteiger partial charge in [-0.2, -0.15) is 0 Å². The van der Waals surface area contributed by atoms with Gasteiger partial charge in [0.2, 0.25) is 0 Å². The molecule has 0 radical (unpaired) electrons. The third-order valence-corrected chi connectivity index (χ3v) is 3.35. The molecule has 1 aliphatic rings. The SMILES string of the molecule is CCCCCC(C)(C)c1c(O)ccc2c1O2. The Morgan fingerprint density at radius 3 is 2.69 bits per heavy atom. The van der Waals surface area contributed by atoms with Crippen molar-refractivity contribution in [2.75, 3.05) is 0 Å². The van der Waals surface area contributed by atoms with E-state index < -0.39 is 0 Å². The summed E-state index contributed by atoms with van der Waals surface area (Å²) in [6.07, 6.45) is 4.77. The van der Waals surface area contributed by atoms with Gasteiger partial charge in [-0.1, -0.05) is 40.0 Å². The quantitative estimate of drug-likeness (QED) is 0.600. The Balaban J connectivity index is 2.17. The van der Waals surface area contributed by atoms with Crippen LogP contribution < -0.4 is 4.74 Å². The Kier molecular flexibility index (Phi) is 2.83. The number of ether oxygens (including phenoxy) is 1. The van der Waals surface area contributed by atoms with Crippen LogP contribution in [0.2, 0.25) is 0 Å². The Morgan fingerprint density at radius 2 is 2.00 bits per heavy atom. The summed E-state index contributed by atoms with van der Waals surface area (Å²) in [5.41, 5.74) is 0.988. The van der Waals surface area contributed by atoms with Crippen molar-refractivity contribution in [1.82, 2.24) is 0 Å². The fourth-order valence-electron chi connectivity index (χ4n) is 2.32. The maximum atomic E-state index is 9.94. The number of hydrogen-bond donors (Lipinski definition) is 1. The van der Waals surface area contributed by atoms with Gasteiger partial charge in [-0.25, -0.2) is 0 Å². The lowest BCUT2D eigenvalue weighted by Gasteiger charge is -2.24. The predicted octanol–water partition coefficient (Wildman–Crippen LogP) is 4.36. The molecule has 1 aromatic carbocycles. The van der Waals surface area contributed by atoms with E-state index in [2.05, 4.69) is 20.8 Å². The minimum atomic E-state index is 0.00109. The molecule has 0 fully saturated rings. The Labute approximate surface area is 97.3 Å². The first-order chi connectivity index (χ1) is 7.56. The summed E-state index contributed by atoms with van der Waals surface area (Å²) in [4.78, 5) is 0. The average Bonchev–Trinajstić information content (AvgIpc) is 2.95. The molecule has 2 heteroatoms. The zero-order chi connectivity index (χ0) is 11.8. The lowest BCUT2D eigenvalue weighted by Crippen LogP contribution is -2.16. The van der Waals surface area contributed by atoms with Gasteiger partial charge in [0.25, 0.3) is 0 Å². The molecule has 1 heterocycles. The van der Waals surface area contributed by atoms with Crippen LogP contribution in [0.4, 0.5) is 0 Å². The molecule has 0 aromatic heterocycles. The number of phenolic OH excluding ortho intramolecular Hbond substituents is 1. The van der Waals surface area contributed by atoms with Gasteiger partial charge in [-0.15, -0.1) is 0 Å². The van der Waals surface area contributed by atoms with Crippen molar-refractivity contribution in [2.24, 2.45) is 0 Å². The van der Waals surface area contributed by atoms with Crippen LogP contribution in [-0.2, 0) is 5.41 Å². The van der Waals surface area contributed by atoms with Crippen LogP contribution in [0.25, 0.3) is 0 Å². The van der Waals surface area contributed by atoms with E-state index in [9.17, 15) is 5.11 Å². The summed E-state index contributed by atoms with van der Waals surface area (Å²) in [5, 5.41) is 9.94. The maximum Gasteiger partial charge on any atom is 0.177 e. The molecule has 16 heavy (non-hydrogen) atoms. The van der Waals surface area contributed by atoms with Gasteiger partial charge >= 0.3 is 0 Å². The molecule has 1 aromatic rings. The fourth-order valence-corrected chi connectivity index (χ4v) is 2.32. The molecule has 0 spiro atoms. The number of rotatable bonds is 5. The fraction of sp³-hybridized carbons (Fsp3) is 0.571. The van der Waals surface area contributed by atoms with Crippen LogP contribution in [0.15, 0.2) is 12.1 Å². The molecule has 0 atom stereocenters.